The van der Waals surface area contributed by atoms with Gasteiger partial charge in [-0.3, -0.25) is 4.79 Å². The van der Waals surface area contributed by atoms with E-state index in [0.717, 1.165) is 23.4 Å². The highest BCUT2D eigenvalue weighted by atomic mass is 79.9. The molecular weight excluding hydrogens is 435 g/mol. The topological polar surface area (TPSA) is 60.9 Å². The molecule has 0 unspecified atom stereocenters. The van der Waals surface area contributed by atoms with Crippen LogP contribution in [-0.4, -0.2) is 21.0 Å². The molecule has 1 aromatic heterocycles. The smallest absolute Gasteiger partial charge is 0.369 e. The van der Waals surface area contributed by atoms with Gasteiger partial charge in [-0.1, -0.05) is 52.3 Å². The highest BCUT2D eigenvalue weighted by Gasteiger charge is 2.35. The van der Waals surface area contributed by atoms with E-state index >= 15 is 0 Å². The molecule has 0 saturated heterocycles. The van der Waals surface area contributed by atoms with Crippen LogP contribution in [0.15, 0.2) is 54.6 Å². The molecule has 0 fully saturated rings. The molecule has 4 nitrogen and oxygen atoms in total. The molecule has 0 aliphatic heterocycles. The molecule has 2 aromatic carbocycles. The third-order valence-corrected chi connectivity index (χ3v) is 4.59. The highest BCUT2D eigenvalue weighted by molar-refractivity contribution is 9.09. The minimum Gasteiger partial charge on any atom is -0.369 e. The third-order valence-electron chi connectivity index (χ3n) is 4.19. The van der Waals surface area contributed by atoms with E-state index in [0.29, 0.717) is 22.5 Å². The fourth-order valence-corrected chi connectivity index (χ4v) is 3.29. The fourth-order valence-electron chi connectivity index (χ4n) is 2.83. The maximum absolute atomic E-state index is 13.3. The molecule has 0 atom stereocenters. The number of halogens is 4. The number of nitrogens with two attached hydrogens (primary N) is 1. The third kappa shape index (κ3) is 4.62. The van der Waals surface area contributed by atoms with Gasteiger partial charge < -0.3 is 5.73 Å². The van der Waals surface area contributed by atoms with Crippen molar-refractivity contribution in [3.63, 3.8) is 0 Å². The summed E-state index contributed by atoms with van der Waals surface area (Å²) in [6.45, 7) is 0. The number of rotatable bonds is 6. The Hall–Kier alpha value is -2.61. The van der Waals surface area contributed by atoms with E-state index in [2.05, 4.69) is 21.0 Å². The number of hydrogen-bond acceptors (Lipinski definition) is 2. The number of alkyl halides is 4. The molecule has 1 heterocycles. The Kier molecular flexibility index (Phi) is 5.88. The molecule has 146 valence electrons. The van der Waals surface area contributed by atoms with Crippen molar-refractivity contribution in [2.24, 2.45) is 5.73 Å². The number of carbonyl (C=O) groups excluding carboxylic acids is 1. The number of hydrogen-bond donors (Lipinski definition) is 1. The second-order valence-corrected chi connectivity index (χ2v) is 7.06. The van der Waals surface area contributed by atoms with Gasteiger partial charge in [0.1, 0.15) is 0 Å². The lowest BCUT2D eigenvalue weighted by Crippen LogP contribution is -2.13. The van der Waals surface area contributed by atoms with Crippen molar-refractivity contribution in [3.8, 4) is 16.9 Å². The van der Waals surface area contributed by atoms with E-state index in [-0.39, 0.29) is 6.42 Å². The van der Waals surface area contributed by atoms with Crippen LogP contribution in [0.1, 0.15) is 16.8 Å². The van der Waals surface area contributed by atoms with Gasteiger partial charge in [-0.15, -0.1) is 0 Å². The molecule has 8 heteroatoms. The molecule has 0 spiro atoms. The van der Waals surface area contributed by atoms with Gasteiger partial charge in [-0.05, 0) is 35.7 Å². The fraction of sp³-hybridized carbons (Fsp3) is 0.200. The van der Waals surface area contributed by atoms with Crippen molar-refractivity contribution in [1.82, 2.24) is 9.78 Å². The van der Waals surface area contributed by atoms with E-state index in [1.165, 1.54) is 4.68 Å². The Morgan fingerprint density at radius 1 is 1.04 bits per heavy atom. The number of amides is 1. The molecule has 0 bridgehead atoms. The Labute approximate surface area is 168 Å². The van der Waals surface area contributed by atoms with Gasteiger partial charge in [0.05, 0.1) is 17.8 Å². The van der Waals surface area contributed by atoms with Gasteiger partial charge in [-0.2, -0.15) is 18.3 Å². The molecule has 0 saturated carbocycles. The Morgan fingerprint density at radius 3 is 2.18 bits per heavy atom. The minimum absolute atomic E-state index is 0.0646. The molecule has 1 amide bonds. The normalized spacial score (nSPS) is 11.6. The molecule has 0 aliphatic carbocycles. The first kappa shape index (κ1) is 20.1. The highest BCUT2D eigenvalue weighted by Crippen LogP contribution is 2.33. The predicted octanol–water partition coefficient (Wildman–Crippen LogP) is 4.52. The minimum atomic E-state index is -4.55. The average Bonchev–Trinajstić information content (AvgIpc) is 3.08. The van der Waals surface area contributed by atoms with Crippen LogP contribution in [0.2, 0.25) is 0 Å². The standard InChI is InChI=1S/C20H17BrF3N3O/c21-10-9-13-1-5-15(6-2-13)17-12-18(20(22,23)24)26-27(17)16-7-3-14(4-8-16)11-19(25)28/h1-8,12H,9-11H2,(H2,25,28). The molecular formula is C20H17BrF3N3O. The van der Waals surface area contributed by atoms with Crippen molar-refractivity contribution < 1.29 is 18.0 Å². The van der Waals surface area contributed by atoms with E-state index < -0.39 is 17.8 Å². The second-order valence-electron chi connectivity index (χ2n) is 6.27. The number of benzene rings is 2. The summed E-state index contributed by atoms with van der Waals surface area (Å²) in [5.41, 5.74) is 7.39. The van der Waals surface area contributed by atoms with Crippen LogP contribution < -0.4 is 5.73 Å². The predicted molar refractivity (Wildman–Crippen MR) is 104 cm³/mol. The van der Waals surface area contributed by atoms with Crippen molar-refractivity contribution in [2.75, 3.05) is 5.33 Å². The number of carbonyl (C=O) groups is 1. The van der Waals surface area contributed by atoms with Crippen molar-refractivity contribution in [1.29, 1.82) is 0 Å². The van der Waals surface area contributed by atoms with Gasteiger partial charge in [0.15, 0.2) is 5.69 Å². The Bertz CT molecular complexity index is 964. The number of aryl methyl sites for hydroxylation is 1. The average molecular weight is 452 g/mol. The molecule has 3 rings (SSSR count). The lowest BCUT2D eigenvalue weighted by atomic mass is 10.1. The number of primary amides is 1. The maximum atomic E-state index is 13.3. The van der Waals surface area contributed by atoms with Gasteiger partial charge in [0, 0.05) is 10.9 Å². The monoisotopic (exact) mass is 451 g/mol. The first-order valence-corrected chi connectivity index (χ1v) is 9.60. The van der Waals surface area contributed by atoms with E-state index in [1.807, 2.05) is 12.1 Å². The molecule has 28 heavy (non-hydrogen) atoms. The van der Waals surface area contributed by atoms with Crippen LogP contribution in [0.3, 0.4) is 0 Å². The Morgan fingerprint density at radius 2 is 1.64 bits per heavy atom. The van der Waals surface area contributed by atoms with Crippen molar-refractivity contribution >= 4 is 21.8 Å². The summed E-state index contributed by atoms with van der Waals surface area (Å²) in [6.07, 6.45) is -3.66. The molecule has 2 N–H and O–H groups in total. The maximum Gasteiger partial charge on any atom is 0.435 e. The van der Waals surface area contributed by atoms with Gasteiger partial charge >= 0.3 is 6.18 Å². The summed E-state index contributed by atoms with van der Waals surface area (Å²) in [7, 11) is 0. The van der Waals surface area contributed by atoms with E-state index in [1.54, 1.807) is 36.4 Å². The van der Waals surface area contributed by atoms with Crippen molar-refractivity contribution in [3.05, 3.63) is 71.4 Å². The van der Waals surface area contributed by atoms with E-state index in [4.69, 9.17) is 5.73 Å². The van der Waals surface area contributed by atoms with Gasteiger partial charge in [-0.25, -0.2) is 4.68 Å². The zero-order chi connectivity index (χ0) is 20.3. The summed E-state index contributed by atoms with van der Waals surface area (Å²) in [5.74, 6) is -0.476. The number of nitrogens with zero attached hydrogens (tertiary/aromatic N) is 2. The first-order valence-electron chi connectivity index (χ1n) is 8.48. The van der Waals surface area contributed by atoms with Crippen LogP contribution in [0.25, 0.3) is 16.9 Å². The molecule has 3 aromatic rings. The summed E-state index contributed by atoms with van der Waals surface area (Å²) >= 11 is 3.37. The first-order chi connectivity index (χ1) is 13.3. The molecule has 0 radical (unpaired) electrons. The SMILES string of the molecule is NC(=O)Cc1ccc(-n2nc(C(F)(F)F)cc2-c2ccc(CCBr)cc2)cc1. The summed E-state index contributed by atoms with van der Waals surface area (Å²) in [4.78, 5) is 11.0. The van der Waals surface area contributed by atoms with Crippen LogP contribution in [-0.2, 0) is 23.8 Å². The Balaban J connectivity index is 2.04. The van der Waals surface area contributed by atoms with Gasteiger partial charge in [0.2, 0.25) is 5.91 Å². The zero-order valence-electron chi connectivity index (χ0n) is 14.7. The van der Waals surface area contributed by atoms with Crippen LogP contribution >= 0.6 is 15.9 Å². The largest absolute Gasteiger partial charge is 0.435 e. The van der Waals surface area contributed by atoms with Crippen LogP contribution in [0, 0.1) is 0 Å². The summed E-state index contributed by atoms with van der Waals surface area (Å²) in [5, 5.41) is 4.58. The van der Waals surface area contributed by atoms with E-state index in [9.17, 15) is 18.0 Å². The summed E-state index contributed by atoms with van der Waals surface area (Å²) < 4.78 is 41.0. The lowest BCUT2D eigenvalue weighted by Gasteiger charge is -2.09. The van der Waals surface area contributed by atoms with Gasteiger partial charge in [0.25, 0.3) is 0 Å². The quantitative estimate of drug-likeness (QED) is 0.559. The second kappa shape index (κ2) is 8.18. The van der Waals surface area contributed by atoms with Crippen LogP contribution in [0.5, 0.6) is 0 Å². The zero-order valence-corrected chi connectivity index (χ0v) is 16.3. The van der Waals surface area contributed by atoms with Crippen LogP contribution in [0.4, 0.5) is 13.2 Å². The number of aromatic nitrogens is 2. The lowest BCUT2D eigenvalue weighted by molar-refractivity contribution is -0.141. The molecule has 0 aliphatic rings. The van der Waals surface area contributed by atoms with Crippen molar-refractivity contribution in [2.45, 2.75) is 19.0 Å². The summed E-state index contributed by atoms with van der Waals surface area (Å²) in [6, 6.07) is 14.9.